The average molecular weight is 390 g/mol. The number of carbonyl (C=O) groups excluding carboxylic acids is 1. The number of amides is 1. The zero-order valence-electron chi connectivity index (χ0n) is 16.8. The number of fused-ring (bicyclic) bond motifs is 1. The Hall–Kier alpha value is -2.70. The molecule has 4 heterocycles. The van der Waals surface area contributed by atoms with Gasteiger partial charge in [-0.1, -0.05) is 36.4 Å². The molecule has 1 N–H and O–H groups in total. The number of piperidine rings is 1. The summed E-state index contributed by atoms with van der Waals surface area (Å²) in [6.45, 7) is 4.33. The standard InChI is InChI=1S/C23H27N5O/c1-26-16-12-24-22(29)23(26)10-14-27(15-11-23)17-19-21(18-7-3-2-4-8-18)25-20-9-5-6-13-28(19)20/h2-9,13H,10-12,14-17H2,1H3,(H,24,29). The number of likely N-dealkylation sites (tertiary alicyclic amines) is 1. The fourth-order valence-corrected chi connectivity index (χ4v) is 4.82. The van der Waals surface area contributed by atoms with Gasteiger partial charge in [-0.05, 0) is 32.0 Å². The van der Waals surface area contributed by atoms with Crippen molar-refractivity contribution in [1.82, 2.24) is 24.5 Å². The van der Waals surface area contributed by atoms with Gasteiger partial charge in [-0.25, -0.2) is 4.98 Å². The Kier molecular flexibility index (Phi) is 4.60. The number of carbonyl (C=O) groups is 1. The van der Waals surface area contributed by atoms with E-state index in [1.165, 1.54) is 5.69 Å². The van der Waals surface area contributed by atoms with Crippen molar-refractivity contribution in [3.63, 3.8) is 0 Å². The Morgan fingerprint density at radius 3 is 2.55 bits per heavy atom. The van der Waals surface area contributed by atoms with Gasteiger partial charge in [-0.3, -0.25) is 14.6 Å². The van der Waals surface area contributed by atoms with Crippen LogP contribution in [-0.2, 0) is 11.3 Å². The smallest absolute Gasteiger partial charge is 0.240 e. The molecule has 1 amide bonds. The second-order valence-electron chi connectivity index (χ2n) is 8.19. The van der Waals surface area contributed by atoms with E-state index in [9.17, 15) is 4.79 Å². The number of likely N-dealkylation sites (N-methyl/N-ethyl adjacent to an activating group) is 1. The second kappa shape index (κ2) is 7.28. The molecule has 0 aliphatic carbocycles. The molecule has 0 radical (unpaired) electrons. The van der Waals surface area contributed by atoms with E-state index in [2.05, 4.69) is 69.2 Å². The molecule has 0 bridgehead atoms. The molecule has 6 heteroatoms. The zero-order valence-corrected chi connectivity index (χ0v) is 16.8. The lowest BCUT2D eigenvalue weighted by Gasteiger charge is -2.48. The lowest BCUT2D eigenvalue weighted by molar-refractivity contribution is -0.140. The molecular formula is C23H27N5O. The van der Waals surface area contributed by atoms with Gasteiger partial charge in [0.05, 0.1) is 11.4 Å². The topological polar surface area (TPSA) is 52.9 Å². The first kappa shape index (κ1) is 18.3. The van der Waals surface area contributed by atoms with Crippen molar-refractivity contribution >= 4 is 11.6 Å². The van der Waals surface area contributed by atoms with Crippen molar-refractivity contribution in [2.24, 2.45) is 0 Å². The van der Waals surface area contributed by atoms with Crippen molar-refractivity contribution in [3.8, 4) is 11.3 Å². The van der Waals surface area contributed by atoms with E-state index >= 15 is 0 Å². The summed E-state index contributed by atoms with van der Waals surface area (Å²) in [6.07, 6.45) is 3.83. The number of piperazine rings is 1. The first-order valence-electron chi connectivity index (χ1n) is 10.4. The molecule has 0 unspecified atom stereocenters. The van der Waals surface area contributed by atoms with E-state index in [1.54, 1.807) is 0 Å². The maximum absolute atomic E-state index is 12.6. The van der Waals surface area contributed by atoms with E-state index in [1.807, 2.05) is 12.1 Å². The van der Waals surface area contributed by atoms with E-state index in [-0.39, 0.29) is 11.4 Å². The van der Waals surface area contributed by atoms with Gasteiger partial charge in [0, 0.05) is 44.5 Å². The van der Waals surface area contributed by atoms with E-state index in [4.69, 9.17) is 4.98 Å². The molecule has 2 aromatic heterocycles. The summed E-state index contributed by atoms with van der Waals surface area (Å²) in [5, 5.41) is 3.07. The third-order valence-corrected chi connectivity index (χ3v) is 6.62. The number of imidazole rings is 1. The predicted molar refractivity (Wildman–Crippen MR) is 114 cm³/mol. The Labute approximate surface area is 171 Å². The average Bonchev–Trinajstić information content (AvgIpc) is 3.12. The molecule has 0 atom stereocenters. The Morgan fingerprint density at radius 1 is 1.03 bits per heavy atom. The van der Waals surface area contributed by atoms with Crippen LogP contribution >= 0.6 is 0 Å². The number of pyridine rings is 1. The lowest BCUT2D eigenvalue weighted by atomic mass is 9.83. The summed E-state index contributed by atoms with van der Waals surface area (Å²) in [4.78, 5) is 22.3. The number of benzene rings is 1. The normalized spacial score (nSPS) is 20.2. The Morgan fingerprint density at radius 2 is 1.79 bits per heavy atom. The first-order valence-corrected chi connectivity index (χ1v) is 10.4. The van der Waals surface area contributed by atoms with Crippen LogP contribution in [0.5, 0.6) is 0 Å². The minimum atomic E-state index is -0.337. The van der Waals surface area contributed by atoms with Gasteiger partial charge >= 0.3 is 0 Å². The molecule has 150 valence electrons. The molecule has 3 aromatic rings. The number of hydrogen-bond donors (Lipinski definition) is 1. The third-order valence-electron chi connectivity index (χ3n) is 6.62. The highest BCUT2D eigenvalue weighted by Gasteiger charge is 2.46. The fourth-order valence-electron chi connectivity index (χ4n) is 4.82. The van der Waals surface area contributed by atoms with Crippen LogP contribution in [0.4, 0.5) is 0 Å². The highest BCUT2D eigenvalue weighted by atomic mass is 16.2. The van der Waals surface area contributed by atoms with Crippen molar-refractivity contribution in [2.75, 3.05) is 33.2 Å². The molecule has 0 saturated carbocycles. The highest BCUT2D eigenvalue weighted by molar-refractivity contribution is 5.87. The molecule has 2 aliphatic rings. The van der Waals surface area contributed by atoms with Crippen LogP contribution in [0, 0.1) is 0 Å². The van der Waals surface area contributed by atoms with E-state index in [0.717, 1.165) is 62.5 Å². The molecule has 2 saturated heterocycles. The number of rotatable bonds is 3. The van der Waals surface area contributed by atoms with Crippen LogP contribution in [0.25, 0.3) is 16.9 Å². The first-order chi connectivity index (χ1) is 14.2. The van der Waals surface area contributed by atoms with Gasteiger partial charge in [0.2, 0.25) is 5.91 Å². The van der Waals surface area contributed by atoms with Gasteiger partial charge < -0.3 is 9.72 Å². The molecule has 6 nitrogen and oxygen atoms in total. The number of hydrogen-bond acceptors (Lipinski definition) is 4. The highest BCUT2D eigenvalue weighted by Crippen LogP contribution is 2.32. The van der Waals surface area contributed by atoms with Crippen molar-refractivity contribution in [2.45, 2.75) is 24.9 Å². The largest absolute Gasteiger partial charge is 0.353 e. The molecule has 1 aromatic carbocycles. The Bertz CT molecular complexity index is 1020. The Balaban J connectivity index is 1.42. The monoisotopic (exact) mass is 389 g/mol. The van der Waals surface area contributed by atoms with Gasteiger partial charge in [0.1, 0.15) is 11.2 Å². The minimum absolute atomic E-state index is 0.200. The van der Waals surface area contributed by atoms with Gasteiger partial charge in [-0.15, -0.1) is 0 Å². The minimum Gasteiger partial charge on any atom is -0.353 e. The fraction of sp³-hybridized carbons (Fsp3) is 0.391. The van der Waals surface area contributed by atoms with Crippen LogP contribution < -0.4 is 5.32 Å². The third kappa shape index (κ3) is 3.12. The van der Waals surface area contributed by atoms with Crippen LogP contribution in [0.2, 0.25) is 0 Å². The van der Waals surface area contributed by atoms with Crippen LogP contribution in [0.3, 0.4) is 0 Å². The van der Waals surface area contributed by atoms with E-state index < -0.39 is 0 Å². The molecule has 1 spiro atoms. The summed E-state index contributed by atoms with van der Waals surface area (Å²) in [5.74, 6) is 0.200. The summed E-state index contributed by atoms with van der Waals surface area (Å²) in [5.41, 5.74) is 4.04. The van der Waals surface area contributed by atoms with Crippen LogP contribution in [0.15, 0.2) is 54.7 Å². The number of nitrogens with one attached hydrogen (secondary N) is 1. The van der Waals surface area contributed by atoms with Crippen molar-refractivity contribution in [3.05, 3.63) is 60.4 Å². The van der Waals surface area contributed by atoms with Gasteiger partial charge in [0.15, 0.2) is 0 Å². The maximum Gasteiger partial charge on any atom is 0.240 e. The number of nitrogens with zero attached hydrogens (tertiary/aromatic N) is 4. The lowest BCUT2D eigenvalue weighted by Crippen LogP contribution is -2.66. The zero-order chi connectivity index (χ0) is 19.8. The molecule has 29 heavy (non-hydrogen) atoms. The SMILES string of the molecule is CN1CCNC(=O)C12CCN(Cc1c(-c3ccccc3)nc3ccccn13)CC2. The quantitative estimate of drug-likeness (QED) is 0.747. The molecular weight excluding hydrogens is 362 g/mol. The van der Waals surface area contributed by atoms with Gasteiger partial charge in [-0.2, -0.15) is 0 Å². The number of aromatic nitrogens is 2. The molecule has 2 fully saturated rings. The molecule has 2 aliphatic heterocycles. The summed E-state index contributed by atoms with van der Waals surface area (Å²) < 4.78 is 2.20. The van der Waals surface area contributed by atoms with Crippen LogP contribution in [-0.4, -0.2) is 63.9 Å². The summed E-state index contributed by atoms with van der Waals surface area (Å²) in [7, 11) is 2.09. The molecule has 5 rings (SSSR count). The predicted octanol–water partition coefficient (Wildman–Crippen LogP) is 2.40. The van der Waals surface area contributed by atoms with Crippen molar-refractivity contribution in [1.29, 1.82) is 0 Å². The van der Waals surface area contributed by atoms with Crippen molar-refractivity contribution < 1.29 is 4.79 Å². The second-order valence-corrected chi connectivity index (χ2v) is 8.19. The van der Waals surface area contributed by atoms with E-state index in [0.29, 0.717) is 0 Å². The maximum atomic E-state index is 12.6. The summed E-state index contributed by atoms with van der Waals surface area (Å²) >= 11 is 0. The van der Waals surface area contributed by atoms with Crippen LogP contribution in [0.1, 0.15) is 18.5 Å². The summed E-state index contributed by atoms with van der Waals surface area (Å²) in [6, 6.07) is 16.5. The van der Waals surface area contributed by atoms with Gasteiger partial charge in [0.25, 0.3) is 0 Å².